The van der Waals surface area contributed by atoms with Crippen molar-refractivity contribution in [1.82, 2.24) is 0 Å². The number of anilines is 1. The van der Waals surface area contributed by atoms with Crippen molar-refractivity contribution in [3.63, 3.8) is 0 Å². The third-order valence-corrected chi connectivity index (χ3v) is 1.80. The lowest BCUT2D eigenvalue weighted by Crippen LogP contribution is -2.38. The fraction of sp³-hybridized carbons (Fsp3) is 0.300. The molecule has 0 aliphatic rings. The van der Waals surface area contributed by atoms with Crippen LogP contribution in [0.5, 0.6) is 0 Å². The van der Waals surface area contributed by atoms with Gasteiger partial charge in [0.2, 0.25) is 0 Å². The van der Waals surface area contributed by atoms with E-state index in [2.05, 4.69) is 10.1 Å². The summed E-state index contributed by atoms with van der Waals surface area (Å²) in [5.41, 5.74) is 0.497. The number of benzene rings is 1. The molecule has 0 aliphatic heterocycles. The van der Waals surface area contributed by atoms with Crippen LogP contribution in [0.1, 0.15) is 6.92 Å². The summed E-state index contributed by atoms with van der Waals surface area (Å²) < 4.78 is 4.59. The molecule has 1 N–H and O–H groups in total. The summed E-state index contributed by atoms with van der Waals surface area (Å²) in [5.74, 6) is -0.892. The van der Waals surface area contributed by atoms with Gasteiger partial charge in [0.25, 0.3) is 0 Å². The van der Waals surface area contributed by atoms with Gasteiger partial charge in [-0.05, 0) is 19.1 Å². The van der Waals surface area contributed by atoms with Crippen molar-refractivity contribution in [2.75, 3.05) is 11.9 Å². The van der Waals surface area contributed by atoms with Crippen molar-refractivity contribution >= 4 is 11.7 Å². The van der Waals surface area contributed by atoms with Gasteiger partial charge in [-0.3, -0.25) is 10.1 Å². The maximum Gasteiger partial charge on any atom is 0.404 e. The zero-order chi connectivity index (χ0) is 12.0. The second-order valence-corrected chi connectivity index (χ2v) is 2.95. The van der Waals surface area contributed by atoms with E-state index in [9.17, 15) is 14.9 Å². The quantitative estimate of drug-likeness (QED) is 0.352. The summed E-state index contributed by atoms with van der Waals surface area (Å²) in [6.07, 6.45) is -1.57. The van der Waals surface area contributed by atoms with Gasteiger partial charge in [-0.1, -0.05) is 18.2 Å². The van der Waals surface area contributed by atoms with Gasteiger partial charge in [-0.15, -0.1) is 0 Å². The van der Waals surface area contributed by atoms with Crippen molar-refractivity contribution in [1.29, 1.82) is 0 Å². The highest BCUT2D eigenvalue weighted by Crippen LogP contribution is 2.08. The Bertz CT molecular complexity index is 366. The number of esters is 1. The lowest BCUT2D eigenvalue weighted by Gasteiger charge is -2.10. The molecule has 0 saturated heterocycles. The first kappa shape index (κ1) is 12.0. The highest BCUT2D eigenvalue weighted by atomic mass is 16.6. The van der Waals surface area contributed by atoms with Crippen LogP contribution in [0, 0.1) is 10.1 Å². The number of carbonyl (C=O) groups excluding carboxylic acids is 1. The lowest BCUT2D eigenvalue weighted by molar-refractivity contribution is -0.503. The van der Waals surface area contributed by atoms with Gasteiger partial charge < -0.3 is 10.1 Å². The molecule has 1 atom stereocenters. The number of para-hydroxylation sites is 1. The molecule has 1 unspecified atom stereocenters. The van der Waals surface area contributed by atoms with Crippen LogP contribution in [0.4, 0.5) is 5.69 Å². The number of rotatable bonds is 5. The second kappa shape index (κ2) is 5.69. The van der Waals surface area contributed by atoms with Crippen LogP contribution in [0.15, 0.2) is 30.3 Å². The van der Waals surface area contributed by atoms with Crippen molar-refractivity contribution in [2.45, 2.75) is 13.1 Å². The smallest absolute Gasteiger partial charge is 0.404 e. The molecule has 0 aliphatic carbocycles. The number of hydrogen-bond donors (Lipinski definition) is 1. The van der Waals surface area contributed by atoms with Gasteiger partial charge >= 0.3 is 12.1 Å². The predicted octanol–water partition coefficient (Wildman–Crippen LogP) is 1.26. The van der Waals surface area contributed by atoms with E-state index in [1.807, 2.05) is 0 Å². The Morgan fingerprint density at radius 3 is 2.62 bits per heavy atom. The Labute approximate surface area is 92.4 Å². The minimum absolute atomic E-state index is 0.111. The molecule has 6 heteroatoms. The van der Waals surface area contributed by atoms with Crippen LogP contribution >= 0.6 is 0 Å². The highest BCUT2D eigenvalue weighted by molar-refractivity contribution is 5.77. The molecule has 0 fully saturated rings. The van der Waals surface area contributed by atoms with E-state index in [1.165, 1.54) is 0 Å². The molecule has 1 aromatic rings. The maximum atomic E-state index is 11.3. The molecule has 0 saturated carbocycles. The van der Waals surface area contributed by atoms with Gasteiger partial charge in [-0.25, -0.2) is 4.79 Å². The van der Waals surface area contributed by atoms with E-state index in [-0.39, 0.29) is 6.61 Å². The molecule has 1 rings (SSSR count). The Balaban J connectivity index is 2.73. The average Bonchev–Trinajstić information content (AvgIpc) is 2.27. The molecule has 0 radical (unpaired) electrons. The zero-order valence-electron chi connectivity index (χ0n) is 8.75. The first-order valence-corrected chi connectivity index (χ1v) is 4.77. The maximum absolute atomic E-state index is 11.3. The van der Waals surface area contributed by atoms with E-state index in [1.54, 1.807) is 37.3 Å². The van der Waals surface area contributed by atoms with E-state index in [0.29, 0.717) is 5.69 Å². The second-order valence-electron chi connectivity index (χ2n) is 2.95. The molecule has 0 amide bonds. The number of nitro groups is 1. The molecular formula is C10H12N2O4. The van der Waals surface area contributed by atoms with E-state index >= 15 is 0 Å². The summed E-state index contributed by atoms with van der Waals surface area (Å²) in [4.78, 5) is 21.2. The van der Waals surface area contributed by atoms with Crippen LogP contribution in [-0.4, -0.2) is 23.7 Å². The molecular weight excluding hydrogens is 212 g/mol. The highest BCUT2D eigenvalue weighted by Gasteiger charge is 2.30. The van der Waals surface area contributed by atoms with Gasteiger partial charge in [0.15, 0.2) is 0 Å². The summed E-state index contributed by atoms with van der Waals surface area (Å²) in [7, 11) is 0. The first-order valence-electron chi connectivity index (χ1n) is 4.77. The number of ether oxygens (including phenoxy) is 1. The number of carbonyl (C=O) groups is 1. The number of nitrogens with one attached hydrogen (secondary N) is 1. The normalized spacial score (nSPS) is 11.6. The monoisotopic (exact) mass is 224 g/mol. The van der Waals surface area contributed by atoms with Crippen molar-refractivity contribution in [3.8, 4) is 0 Å². The van der Waals surface area contributed by atoms with Crippen molar-refractivity contribution in [3.05, 3.63) is 40.4 Å². The molecule has 86 valence electrons. The summed E-state index contributed by atoms with van der Waals surface area (Å²) >= 11 is 0. The first-order chi connectivity index (χ1) is 7.65. The number of nitrogens with zero attached hydrogens (tertiary/aromatic N) is 1. The minimum Gasteiger partial charge on any atom is -0.459 e. The van der Waals surface area contributed by atoms with Crippen LogP contribution in [0.2, 0.25) is 0 Å². The largest absolute Gasteiger partial charge is 0.459 e. The molecule has 0 heterocycles. The summed E-state index contributed by atoms with van der Waals surface area (Å²) in [5, 5.41) is 13.2. The van der Waals surface area contributed by atoms with Crippen LogP contribution in [-0.2, 0) is 9.53 Å². The Morgan fingerprint density at radius 2 is 2.12 bits per heavy atom. The van der Waals surface area contributed by atoms with Crippen LogP contribution in [0.25, 0.3) is 0 Å². The Morgan fingerprint density at radius 1 is 1.50 bits per heavy atom. The van der Waals surface area contributed by atoms with Crippen molar-refractivity contribution < 1.29 is 14.5 Å². The summed E-state index contributed by atoms with van der Waals surface area (Å²) in [6.45, 7) is 1.71. The Kier molecular flexibility index (Phi) is 4.26. The third-order valence-electron chi connectivity index (χ3n) is 1.80. The van der Waals surface area contributed by atoms with E-state index in [0.717, 1.165) is 0 Å². The molecule has 6 nitrogen and oxygen atoms in total. The molecule has 0 aromatic heterocycles. The Hall–Kier alpha value is -2.11. The van der Waals surface area contributed by atoms with Gasteiger partial charge in [-0.2, -0.15) is 0 Å². The van der Waals surface area contributed by atoms with E-state index in [4.69, 9.17) is 0 Å². The third kappa shape index (κ3) is 3.23. The molecule has 16 heavy (non-hydrogen) atoms. The standard InChI is InChI=1S/C10H12N2O4/c1-2-16-10(13)9(12(14)15)11-8-6-4-3-5-7-8/h3-7,9,11H,2H2,1H3. The lowest BCUT2D eigenvalue weighted by atomic mass is 10.3. The summed E-state index contributed by atoms with van der Waals surface area (Å²) in [6, 6.07) is 8.47. The topological polar surface area (TPSA) is 81.5 Å². The van der Waals surface area contributed by atoms with Gasteiger partial charge in [0.1, 0.15) is 0 Å². The average molecular weight is 224 g/mol. The van der Waals surface area contributed by atoms with Crippen LogP contribution < -0.4 is 5.32 Å². The molecule has 0 bridgehead atoms. The molecule has 0 spiro atoms. The predicted molar refractivity (Wildman–Crippen MR) is 57.5 cm³/mol. The van der Waals surface area contributed by atoms with Gasteiger partial charge in [0.05, 0.1) is 11.5 Å². The van der Waals surface area contributed by atoms with Crippen molar-refractivity contribution in [2.24, 2.45) is 0 Å². The fourth-order valence-electron chi connectivity index (χ4n) is 1.11. The molecule has 1 aromatic carbocycles. The minimum atomic E-state index is -1.57. The van der Waals surface area contributed by atoms with Gasteiger partial charge in [0, 0.05) is 5.69 Å². The fourth-order valence-corrected chi connectivity index (χ4v) is 1.11. The van der Waals surface area contributed by atoms with E-state index < -0.39 is 17.1 Å². The van der Waals surface area contributed by atoms with Crippen LogP contribution in [0.3, 0.4) is 0 Å². The zero-order valence-corrected chi connectivity index (χ0v) is 8.75. The number of hydrogen-bond acceptors (Lipinski definition) is 5. The SMILES string of the molecule is CCOC(=O)C(Nc1ccccc1)[N+](=O)[O-].